The number of esters is 1. The Morgan fingerprint density at radius 1 is 0.534 bits per heavy atom. The van der Waals surface area contributed by atoms with Crippen molar-refractivity contribution in [3.63, 3.8) is 0 Å². The van der Waals surface area contributed by atoms with E-state index >= 15 is 0 Å². The number of amides is 1. The third kappa shape index (κ3) is 40.7. The molecule has 3 unspecified atom stereocenters. The van der Waals surface area contributed by atoms with Gasteiger partial charge < -0.3 is 25.2 Å². The van der Waals surface area contributed by atoms with Gasteiger partial charge in [0.15, 0.2) is 6.04 Å². The van der Waals surface area contributed by atoms with Crippen molar-refractivity contribution in [2.45, 2.75) is 231 Å². The van der Waals surface area contributed by atoms with E-state index in [0.717, 1.165) is 57.8 Å². The smallest absolute Gasteiger partial charge is 0.472 e. The standard InChI is InChI=1S/C46H86NO10P/c1-3-5-7-9-11-13-15-16-17-18-19-20-21-22-23-24-25-26-28-29-31-33-35-37-44(49)47-43(46(51)52)41-57-58(53,54)56-40-42(48)39-55-45(50)38-36-34-32-30-27-14-12-10-8-6-4-2/h10,12,16-17,42-43,48H,3-9,11,13-15,18-41H2,1-2H3,(H,47,49)(H,51,52)(H,53,54)/b12-10-,17-16+. The van der Waals surface area contributed by atoms with Gasteiger partial charge >= 0.3 is 19.8 Å². The van der Waals surface area contributed by atoms with Gasteiger partial charge in [-0.15, -0.1) is 0 Å². The fraction of sp³-hybridized carbons (Fsp3) is 0.848. The predicted octanol–water partition coefficient (Wildman–Crippen LogP) is 12.2. The van der Waals surface area contributed by atoms with Crippen LogP contribution in [0.5, 0.6) is 0 Å². The molecular formula is C46H86NO10P. The van der Waals surface area contributed by atoms with Gasteiger partial charge in [-0.1, -0.05) is 173 Å². The highest BCUT2D eigenvalue weighted by Crippen LogP contribution is 2.43. The Balaban J connectivity index is 3.82. The lowest BCUT2D eigenvalue weighted by molar-refractivity contribution is -0.147. The lowest BCUT2D eigenvalue weighted by Crippen LogP contribution is -2.43. The fourth-order valence-corrected chi connectivity index (χ4v) is 7.30. The summed E-state index contributed by atoms with van der Waals surface area (Å²) in [5.74, 6) is -2.37. The summed E-state index contributed by atoms with van der Waals surface area (Å²) in [4.78, 5) is 45.9. The van der Waals surface area contributed by atoms with Crippen molar-refractivity contribution in [1.29, 1.82) is 0 Å². The number of aliphatic carboxylic acids is 1. The molecule has 0 fully saturated rings. The third-order valence-corrected chi connectivity index (χ3v) is 11.2. The first-order valence-corrected chi connectivity index (χ1v) is 24.9. The average Bonchev–Trinajstić information content (AvgIpc) is 3.20. The molecule has 0 bridgehead atoms. The van der Waals surface area contributed by atoms with Crippen molar-refractivity contribution < 1.29 is 47.8 Å². The number of aliphatic hydroxyl groups excluding tert-OH is 1. The summed E-state index contributed by atoms with van der Waals surface area (Å²) >= 11 is 0. The van der Waals surface area contributed by atoms with Crippen LogP contribution < -0.4 is 5.32 Å². The van der Waals surface area contributed by atoms with Gasteiger partial charge in [0, 0.05) is 12.8 Å². The van der Waals surface area contributed by atoms with Crippen LogP contribution in [0.3, 0.4) is 0 Å². The van der Waals surface area contributed by atoms with Crippen LogP contribution in [0.2, 0.25) is 0 Å². The summed E-state index contributed by atoms with van der Waals surface area (Å²) in [5.41, 5.74) is 0. The van der Waals surface area contributed by atoms with E-state index in [1.54, 1.807) is 0 Å². The Bertz CT molecular complexity index is 1080. The van der Waals surface area contributed by atoms with Crippen LogP contribution in [0.4, 0.5) is 0 Å². The second kappa shape index (κ2) is 41.7. The van der Waals surface area contributed by atoms with E-state index in [4.69, 9.17) is 13.8 Å². The zero-order chi connectivity index (χ0) is 42.8. The first-order chi connectivity index (χ1) is 28.1. The van der Waals surface area contributed by atoms with Gasteiger partial charge in [-0.3, -0.25) is 18.6 Å². The second-order valence-corrected chi connectivity index (χ2v) is 17.4. The number of nitrogens with one attached hydrogen (secondary N) is 1. The highest BCUT2D eigenvalue weighted by atomic mass is 31.2. The minimum Gasteiger partial charge on any atom is -0.480 e. The van der Waals surface area contributed by atoms with E-state index < -0.39 is 57.6 Å². The molecule has 0 heterocycles. The molecule has 340 valence electrons. The molecule has 3 atom stereocenters. The summed E-state index contributed by atoms with van der Waals surface area (Å²) in [6.07, 6.45) is 43.5. The van der Waals surface area contributed by atoms with E-state index in [-0.39, 0.29) is 12.8 Å². The van der Waals surface area contributed by atoms with Gasteiger partial charge in [-0.25, -0.2) is 9.36 Å². The third-order valence-electron chi connectivity index (χ3n) is 10.2. The number of ether oxygens (including phenoxy) is 1. The number of carbonyl (C=O) groups is 3. The molecule has 0 saturated heterocycles. The summed E-state index contributed by atoms with van der Waals surface area (Å²) in [7, 11) is -4.75. The molecular weight excluding hydrogens is 757 g/mol. The van der Waals surface area contributed by atoms with Crippen molar-refractivity contribution in [2.24, 2.45) is 0 Å². The Morgan fingerprint density at radius 2 is 0.914 bits per heavy atom. The first kappa shape index (κ1) is 56.0. The number of unbranched alkanes of at least 4 members (excludes halogenated alkanes) is 26. The molecule has 0 aromatic heterocycles. The molecule has 0 aliphatic rings. The molecule has 0 spiro atoms. The van der Waals surface area contributed by atoms with Gasteiger partial charge in [-0.2, -0.15) is 0 Å². The number of phosphoric ester groups is 1. The van der Waals surface area contributed by atoms with Crippen LogP contribution in [-0.2, 0) is 32.7 Å². The van der Waals surface area contributed by atoms with E-state index in [2.05, 4.69) is 43.5 Å². The molecule has 0 radical (unpaired) electrons. The highest BCUT2D eigenvalue weighted by molar-refractivity contribution is 7.47. The maximum absolute atomic E-state index is 12.3. The number of aliphatic hydroxyl groups is 1. The highest BCUT2D eigenvalue weighted by Gasteiger charge is 2.28. The molecule has 0 aliphatic heterocycles. The number of carbonyl (C=O) groups excluding carboxylic acids is 2. The average molecular weight is 844 g/mol. The van der Waals surface area contributed by atoms with Crippen LogP contribution >= 0.6 is 7.82 Å². The fourth-order valence-electron chi connectivity index (χ4n) is 6.53. The monoisotopic (exact) mass is 844 g/mol. The zero-order valence-electron chi connectivity index (χ0n) is 36.9. The van der Waals surface area contributed by atoms with Crippen LogP contribution in [0.1, 0.15) is 219 Å². The molecule has 0 aromatic carbocycles. The molecule has 0 saturated carbocycles. The van der Waals surface area contributed by atoms with Gasteiger partial charge in [0.2, 0.25) is 5.91 Å². The van der Waals surface area contributed by atoms with Crippen LogP contribution in [-0.4, -0.2) is 64.9 Å². The van der Waals surface area contributed by atoms with E-state index in [0.29, 0.717) is 12.8 Å². The van der Waals surface area contributed by atoms with E-state index in [9.17, 15) is 34.1 Å². The predicted molar refractivity (Wildman–Crippen MR) is 236 cm³/mol. The molecule has 4 N–H and O–H groups in total. The second-order valence-electron chi connectivity index (χ2n) is 15.9. The molecule has 0 rings (SSSR count). The normalized spacial score (nSPS) is 13.9. The molecule has 0 aliphatic carbocycles. The lowest BCUT2D eigenvalue weighted by Gasteiger charge is -2.18. The van der Waals surface area contributed by atoms with Crippen molar-refractivity contribution in [3.05, 3.63) is 24.3 Å². The Labute approximate surface area is 353 Å². The van der Waals surface area contributed by atoms with Crippen molar-refractivity contribution in [2.75, 3.05) is 19.8 Å². The van der Waals surface area contributed by atoms with E-state index in [1.807, 2.05) is 0 Å². The minimum absolute atomic E-state index is 0.147. The lowest BCUT2D eigenvalue weighted by atomic mass is 10.0. The Kier molecular flexibility index (Phi) is 40.2. The molecule has 1 amide bonds. The van der Waals surface area contributed by atoms with Crippen molar-refractivity contribution in [3.8, 4) is 0 Å². The largest absolute Gasteiger partial charge is 0.480 e. The molecule has 58 heavy (non-hydrogen) atoms. The summed E-state index contributed by atoms with van der Waals surface area (Å²) < 4.78 is 26.8. The number of allylic oxidation sites excluding steroid dienone is 4. The topological polar surface area (TPSA) is 169 Å². The van der Waals surface area contributed by atoms with Gasteiger partial charge in [0.25, 0.3) is 0 Å². The summed E-state index contributed by atoms with van der Waals surface area (Å²) in [6.45, 7) is 2.55. The van der Waals surface area contributed by atoms with Gasteiger partial charge in [0.05, 0.1) is 13.2 Å². The minimum atomic E-state index is -4.75. The number of phosphoric acid groups is 1. The zero-order valence-corrected chi connectivity index (χ0v) is 37.8. The Hall–Kier alpha value is -2.04. The first-order valence-electron chi connectivity index (χ1n) is 23.4. The van der Waals surface area contributed by atoms with Crippen LogP contribution in [0.25, 0.3) is 0 Å². The number of carboxylic acid groups (broad SMARTS) is 1. The van der Waals surface area contributed by atoms with Crippen molar-refractivity contribution in [1.82, 2.24) is 5.32 Å². The summed E-state index contributed by atoms with van der Waals surface area (Å²) in [6, 6.07) is -1.54. The quantitative estimate of drug-likeness (QED) is 0.0200. The molecule has 0 aromatic rings. The maximum atomic E-state index is 12.3. The molecule has 11 nitrogen and oxygen atoms in total. The molecule has 12 heteroatoms. The summed E-state index contributed by atoms with van der Waals surface area (Å²) in [5, 5.41) is 21.8. The number of rotatable bonds is 44. The number of hydrogen-bond acceptors (Lipinski definition) is 8. The SMILES string of the molecule is CCCC/C=C\CCCCCCCC(=O)OCC(O)COP(=O)(O)OCC(NC(=O)CCCCCCCCCCCCCCC/C=C/CCCCCCCC)C(=O)O. The van der Waals surface area contributed by atoms with Gasteiger partial charge in [-0.05, 0) is 57.8 Å². The van der Waals surface area contributed by atoms with E-state index in [1.165, 1.54) is 122 Å². The van der Waals surface area contributed by atoms with Gasteiger partial charge in [0.1, 0.15) is 12.7 Å². The van der Waals surface area contributed by atoms with Crippen molar-refractivity contribution >= 4 is 25.7 Å². The van der Waals surface area contributed by atoms with Crippen LogP contribution in [0, 0.1) is 0 Å². The number of carboxylic acids is 1. The maximum Gasteiger partial charge on any atom is 0.472 e. The Morgan fingerprint density at radius 3 is 1.36 bits per heavy atom. The number of hydrogen-bond donors (Lipinski definition) is 4. The van der Waals surface area contributed by atoms with Crippen LogP contribution in [0.15, 0.2) is 24.3 Å².